The third-order valence-corrected chi connectivity index (χ3v) is 9.22. The second-order valence-corrected chi connectivity index (χ2v) is 11.8. The average Bonchev–Trinajstić information content (AvgIpc) is 3.37. The molecular formula is C30H35ClO7. The Morgan fingerprint density at radius 2 is 1.87 bits per heavy atom. The highest BCUT2D eigenvalue weighted by Gasteiger charge is 2.57. The van der Waals surface area contributed by atoms with E-state index in [0.29, 0.717) is 40.0 Å². The number of hydrogen-bond donors (Lipinski definition) is 1. The standard InChI is InChI=1S/C30H35ClO7/c1-15(2)12-21(32)19-10-11-22-24(27(19)35-5)28(33)36-14-20-25(31)16(3)13-23(26(20)37-22)38-29(34)30(4)17-6-7-18(30)9-8-17/h10-11,13,15,17-18,21,32H,6-9,12,14H2,1-5H3/t17?,18?,21-,30?/m0/s1. The molecule has 204 valence electrons. The molecule has 0 aromatic heterocycles. The number of hydrogen-bond acceptors (Lipinski definition) is 7. The van der Waals surface area contributed by atoms with Gasteiger partial charge in [-0.3, -0.25) is 4.79 Å². The smallest absolute Gasteiger partial charge is 0.346 e. The van der Waals surface area contributed by atoms with Crippen molar-refractivity contribution in [1.82, 2.24) is 0 Å². The second-order valence-electron chi connectivity index (χ2n) is 11.4. The zero-order valence-corrected chi connectivity index (χ0v) is 23.3. The number of benzene rings is 2. The Labute approximate surface area is 228 Å². The van der Waals surface area contributed by atoms with E-state index in [-0.39, 0.29) is 47.1 Å². The number of carbonyl (C=O) groups excluding carboxylic acids is 2. The Bertz CT molecular complexity index is 1260. The molecule has 1 heterocycles. The highest BCUT2D eigenvalue weighted by atomic mass is 35.5. The number of halogens is 1. The zero-order valence-electron chi connectivity index (χ0n) is 22.6. The van der Waals surface area contributed by atoms with E-state index in [1.165, 1.54) is 7.11 Å². The molecule has 0 amide bonds. The van der Waals surface area contributed by atoms with Crippen LogP contribution in [0.3, 0.4) is 0 Å². The van der Waals surface area contributed by atoms with Gasteiger partial charge in [-0.2, -0.15) is 0 Å². The molecule has 0 unspecified atom stereocenters. The van der Waals surface area contributed by atoms with Crippen molar-refractivity contribution in [3.05, 3.63) is 45.5 Å². The minimum atomic E-state index is -0.836. The maximum Gasteiger partial charge on any atom is 0.346 e. The van der Waals surface area contributed by atoms with E-state index in [2.05, 4.69) is 0 Å². The van der Waals surface area contributed by atoms with Crippen LogP contribution in [0.15, 0.2) is 18.2 Å². The lowest BCUT2D eigenvalue weighted by Gasteiger charge is -2.29. The van der Waals surface area contributed by atoms with Gasteiger partial charge in [0.25, 0.3) is 0 Å². The van der Waals surface area contributed by atoms with Crippen LogP contribution in [0, 0.1) is 30.1 Å². The molecule has 2 aromatic carbocycles. The molecule has 2 bridgehead atoms. The van der Waals surface area contributed by atoms with Crippen LogP contribution >= 0.6 is 11.6 Å². The number of esters is 2. The topological polar surface area (TPSA) is 91.3 Å². The van der Waals surface area contributed by atoms with Crippen molar-refractivity contribution in [2.45, 2.75) is 72.5 Å². The molecular weight excluding hydrogens is 508 g/mol. The number of aryl methyl sites for hydroxylation is 1. The number of aliphatic hydroxyl groups excluding tert-OH is 1. The first kappa shape index (κ1) is 26.8. The Morgan fingerprint density at radius 1 is 1.21 bits per heavy atom. The van der Waals surface area contributed by atoms with Gasteiger partial charge in [-0.15, -0.1) is 0 Å². The maximum absolute atomic E-state index is 13.6. The van der Waals surface area contributed by atoms with Crippen LogP contribution in [-0.2, 0) is 16.1 Å². The number of fused-ring (bicyclic) bond motifs is 4. The molecule has 38 heavy (non-hydrogen) atoms. The lowest BCUT2D eigenvalue weighted by molar-refractivity contribution is -0.147. The van der Waals surface area contributed by atoms with Gasteiger partial charge in [0.1, 0.15) is 23.7 Å². The summed E-state index contributed by atoms with van der Waals surface area (Å²) in [4.78, 5) is 26.8. The number of carbonyl (C=O) groups is 2. The Morgan fingerprint density at radius 3 is 2.47 bits per heavy atom. The predicted molar refractivity (Wildman–Crippen MR) is 142 cm³/mol. The van der Waals surface area contributed by atoms with Crippen molar-refractivity contribution in [3.63, 3.8) is 0 Å². The van der Waals surface area contributed by atoms with Gasteiger partial charge in [0.2, 0.25) is 0 Å². The van der Waals surface area contributed by atoms with Crippen LogP contribution in [0.5, 0.6) is 23.0 Å². The van der Waals surface area contributed by atoms with Crippen LogP contribution < -0.4 is 14.2 Å². The van der Waals surface area contributed by atoms with Gasteiger partial charge in [0.05, 0.1) is 29.2 Å². The fourth-order valence-corrected chi connectivity index (χ4v) is 6.73. The third kappa shape index (κ3) is 4.34. The van der Waals surface area contributed by atoms with Crippen LogP contribution in [0.25, 0.3) is 0 Å². The van der Waals surface area contributed by atoms with Gasteiger partial charge < -0.3 is 24.1 Å². The zero-order chi connectivity index (χ0) is 27.4. The first-order valence-corrected chi connectivity index (χ1v) is 13.7. The third-order valence-electron chi connectivity index (χ3n) is 8.69. The molecule has 1 aliphatic heterocycles. The van der Waals surface area contributed by atoms with Crippen LogP contribution in [-0.4, -0.2) is 24.2 Å². The van der Waals surface area contributed by atoms with Crippen molar-refractivity contribution < 1.29 is 33.6 Å². The summed E-state index contributed by atoms with van der Waals surface area (Å²) in [6, 6.07) is 4.98. The molecule has 0 saturated heterocycles. The monoisotopic (exact) mass is 542 g/mol. The highest BCUT2D eigenvalue weighted by molar-refractivity contribution is 6.32. The molecule has 2 fully saturated rings. The molecule has 7 nitrogen and oxygen atoms in total. The minimum Gasteiger partial charge on any atom is -0.495 e. The van der Waals surface area contributed by atoms with E-state index in [9.17, 15) is 14.7 Å². The molecule has 0 radical (unpaired) electrons. The summed E-state index contributed by atoms with van der Waals surface area (Å²) < 4.78 is 23.6. The lowest BCUT2D eigenvalue weighted by Crippen LogP contribution is -2.36. The van der Waals surface area contributed by atoms with Gasteiger partial charge >= 0.3 is 11.9 Å². The Hall–Kier alpha value is -2.77. The number of cyclic esters (lactones) is 1. The van der Waals surface area contributed by atoms with Crippen molar-refractivity contribution in [2.75, 3.05) is 7.11 Å². The summed E-state index contributed by atoms with van der Waals surface area (Å²) in [7, 11) is 1.44. The van der Waals surface area contributed by atoms with E-state index in [0.717, 1.165) is 25.7 Å². The highest BCUT2D eigenvalue weighted by Crippen LogP contribution is 2.59. The molecule has 1 N–H and O–H groups in total. The fourth-order valence-electron chi connectivity index (χ4n) is 6.53. The number of aliphatic hydroxyl groups is 1. The summed E-state index contributed by atoms with van der Waals surface area (Å²) in [6.45, 7) is 7.65. The lowest BCUT2D eigenvalue weighted by atomic mass is 9.80. The van der Waals surface area contributed by atoms with Crippen molar-refractivity contribution >= 4 is 23.5 Å². The molecule has 5 rings (SSSR count). The summed E-state index contributed by atoms with van der Waals surface area (Å²) in [5, 5.41) is 11.2. The van der Waals surface area contributed by atoms with Gasteiger partial charge in [0, 0.05) is 5.56 Å². The predicted octanol–water partition coefficient (Wildman–Crippen LogP) is 6.93. The van der Waals surface area contributed by atoms with E-state index < -0.39 is 17.5 Å². The summed E-state index contributed by atoms with van der Waals surface area (Å²) in [5.41, 5.74) is 1.11. The quantitative estimate of drug-likeness (QED) is 0.312. The number of rotatable bonds is 6. The van der Waals surface area contributed by atoms with E-state index in [1.54, 1.807) is 25.1 Å². The normalized spacial score (nSPS) is 24.6. The Balaban J connectivity index is 1.57. The molecule has 1 atom stereocenters. The van der Waals surface area contributed by atoms with Crippen LogP contribution in [0.4, 0.5) is 0 Å². The van der Waals surface area contributed by atoms with Crippen molar-refractivity contribution in [3.8, 4) is 23.0 Å². The number of ether oxygens (including phenoxy) is 4. The van der Waals surface area contributed by atoms with Crippen molar-refractivity contribution in [2.24, 2.45) is 23.2 Å². The van der Waals surface area contributed by atoms with Gasteiger partial charge in [-0.1, -0.05) is 25.4 Å². The van der Waals surface area contributed by atoms with Crippen LogP contribution in [0.2, 0.25) is 5.02 Å². The van der Waals surface area contributed by atoms with Crippen molar-refractivity contribution in [1.29, 1.82) is 0 Å². The molecule has 0 spiro atoms. The van der Waals surface area contributed by atoms with Gasteiger partial charge in [-0.05, 0) is 87.5 Å². The van der Waals surface area contributed by atoms with Crippen LogP contribution in [0.1, 0.15) is 86.0 Å². The second kappa shape index (κ2) is 10.1. The number of methoxy groups -OCH3 is 1. The fraction of sp³-hybridized carbons (Fsp3) is 0.533. The SMILES string of the molecule is COc1c([C@@H](O)CC(C)C)ccc2c1C(=O)OCc1c(Cl)c(C)cc(OC(=O)C3(C)C4CCC3CC4)c1O2. The van der Waals surface area contributed by atoms with E-state index >= 15 is 0 Å². The molecule has 2 saturated carbocycles. The molecule has 2 aliphatic carbocycles. The largest absolute Gasteiger partial charge is 0.495 e. The van der Waals surface area contributed by atoms with E-state index in [1.807, 2.05) is 20.8 Å². The molecule has 3 aliphatic rings. The first-order valence-electron chi connectivity index (χ1n) is 13.3. The maximum atomic E-state index is 13.6. The van der Waals surface area contributed by atoms with Gasteiger partial charge in [0.15, 0.2) is 11.5 Å². The molecule has 8 heteroatoms. The minimum absolute atomic E-state index is 0.0632. The first-order chi connectivity index (χ1) is 18.1. The summed E-state index contributed by atoms with van der Waals surface area (Å²) in [6.07, 6.45) is 3.81. The summed E-state index contributed by atoms with van der Waals surface area (Å²) >= 11 is 6.64. The molecule has 2 aromatic rings. The average molecular weight is 543 g/mol. The Kier molecular flexibility index (Phi) is 7.12. The summed E-state index contributed by atoms with van der Waals surface area (Å²) in [5.74, 6) is 0.766. The van der Waals surface area contributed by atoms with Gasteiger partial charge in [-0.25, -0.2) is 4.79 Å². The van der Waals surface area contributed by atoms with E-state index in [4.69, 9.17) is 30.5 Å².